The highest BCUT2D eigenvalue weighted by Crippen LogP contribution is 2.27. The van der Waals surface area contributed by atoms with Gasteiger partial charge in [-0.3, -0.25) is 3.96 Å². The number of pyridine rings is 1. The topological polar surface area (TPSA) is 32.0 Å². The fraction of sp³-hybridized carbons (Fsp3) is 0.190. The van der Waals surface area contributed by atoms with Crippen LogP contribution in [0.15, 0.2) is 60.8 Å². The third kappa shape index (κ3) is 3.18. The molecule has 0 fully saturated rings. The summed E-state index contributed by atoms with van der Waals surface area (Å²) in [5, 5.41) is 0. The summed E-state index contributed by atoms with van der Waals surface area (Å²) >= 11 is 1.71. The van der Waals surface area contributed by atoms with Crippen molar-refractivity contribution in [3.63, 3.8) is 0 Å². The first-order valence-electron chi connectivity index (χ1n) is 8.53. The van der Waals surface area contributed by atoms with Gasteiger partial charge in [-0.05, 0) is 54.4 Å². The average Bonchev–Trinajstić information content (AvgIpc) is 2.78. The fourth-order valence-electron chi connectivity index (χ4n) is 3.07. The summed E-state index contributed by atoms with van der Waals surface area (Å²) < 4.78 is 9.64. The van der Waals surface area contributed by atoms with Crippen LogP contribution in [0, 0.1) is 6.92 Å². The largest absolute Gasteiger partial charge is 0.497 e. The first-order chi connectivity index (χ1) is 12.6. The lowest BCUT2D eigenvalue weighted by Crippen LogP contribution is -2.05. The van der Waals surface area contributed by atoms with E-state index in [9.17, 15) is 0 Å². The van der Waals surface area contributed by atoms with Gasteiger partial charge in [-0.15, -0.1) is 0 Å². The molecule has 5 heteroatoms. The van der Waals surface area contributed by atoms with Crippen LogP contribution in [0.5, 0.6) is 5.75 Å². The maximum Gasteiger partial charge on any atom is 0.152 e. The minimum Gasteiger partial charge on any atom is -0.497 e. The maximum atomic E-state index is 5.25. The second-order valence-corrected chi connectivity index (χ2v) is 7.53. The SMILES string of the molecule is COc1ccc(Cn2cccc3sn(C)c4ccc(C)cc4nc2-3)cc1. The van der Waals surface area contributed by atoms with Crippen LogP contribution in [0.2, 0.25) is 0 Å². The minimum atomic E-state index is 0.766. The minimum absolute atomic E-state index is 0.766. The Morgan fingerprint density at radius 3 is 2.65 bits per heavy atom. The smallest absolute Gasteiger partial charge is 0.152 e. The van der Waals surface area contributed by atoms with Crippen molar-refractivity contribution in [2.45, 2.75) is 13.5 Å². The summed E-state index contributed by atoms with van der Waals surface area (Å²) in [5.41, 5.74) is 4.57. The van der Waals surface area contributed by atoms with E-state index in [0.29, 0.717) is 0 Å². The van der Waals surface area contributed by atoms with Gasteiger partial charge in [-0.25, -0.2) is 4.98 Å². The van der Waals surface area contributed by atoms with Gasteiger partial charge in [-0.1, -0.05) is 29.7 Å². The lowest BCUT2D eigenvalue weighted by Gasteiger charge is -2.12. The molecule has 4 nitrogen and oxygen atoms in total. The van der Waals surface area contributed by atoms with E-state index in [0.717, 1.165) is 34.0 Å². The molecule has 0 spiro atoms. The predicted octanol–water partition coefficient (Wildman–Crippen LogP) is 5.03. The van der Waals surface area contributed by atoms with E-state index in [1.165, 1.54) is 11.1 Å². The van der Waals surface area contributed by atoms with Gasteiger partial charge in [0.05, 0.1) is 23.0 Å². The zero-order valence-electron chi connectivity index (χ0n) is 15.1. The molecule has 0 radical (unpaired) electrons. The molecule has 0 amide bonds. The molecular weight excluding hydrogens is 342 g/mol. The Hall–Kier alpha value is -2.79. The van der Waals surface area contributed by atoms with Gasteiger partial charge in [0.25, 0.3) is 0 Å². The molecule has 26 heavy (non-hydrogen) atoms. The average molecular weight is 363 g/mol. The van der Waals surface area contributed by atoms with Crippen molar-refractivity contribution in [2.75, 3.05) is 7.11 Å². The standard InChI is InChI=1S/C21H21N3OS/c1-15-6-11-19-18(13-15)22-21-20(26-23(19)2)5-4-12-24(21)14-16-7-9-17(25-3)10-8-16/h4-13H,14H2,1-3H3. The van der Waals surface area contributed by atoms with Crippen molar-refractivity contribution in [2.24, 2.45) is 7.05 Å². The molecule has 132 valence electrons. The highest BCUT2D eigenvalue weighted by atomic mass is 32.1. The van der Waals surface area contributed by atoms with Gasteiger partial charge >= 0.3 is 0 Å². The highest BCUT2D eigenvalue weighted by Gasteiger charge is 2.10. The van der Waals surface area contributed by atoms with Crippen molar-refractivity contribution in [3.05, 3.63) is 71.9 Å². The van der Waals surface area contributed by atoms with E-state index in [-0.39, 0.29) is 0 Å². The number of aryl methyl sites for hydroxylation is 2. The van der Waals surface area contributed by atoms with Crippen LogP contribution in [-0.2, 0) is 13.6 Å². The number of ether oxygens (including phenoxy) is 1. The Bertz CT molecular complexity index is 1070. The Morgan fingerprint density at radius 2 is 1.88 bits per heavy atom. The van der Waals surface area contributed by atoms with Crippen molar-refractivity contribution < 1.29 is 4.74 Å². The molecule has 0 bridgehead atoms. The summed E-state index contributed by atoms with van der Waals surface area (Å²) in [7, 11) is 3.77. The summed E-state index contributed by atoms with van der Waals surface area (Å²) in [5.74, 6) is 1.86. The van der Waals surface area contributed by atoms with E-state index in [1.54, 1.807) is 18.6 Å². The van der Waals surface area contributed by atoms with Crippen LogP contribution >= 0.6 is 11.5 Å². The van der Waals surface area contributed by atoms with Gasteiger partial charge in [0.1, 0.15) is 5.75 Å². The van der Waals surface area contributed by atoms with Crippen molar-refractivity contribution >= 4 is 22.6 Å². The molecule has 0 saturated carbocycles. The van der Waals surface area contributed by atoms with Crippen LogP contribution in [0.3, 0.4) is 0 Å². The molecule has 2 aliphatic heterocycles. The molecule has 0 aromatic heterocycles. The molecule has 4 rings (SSSR count). The van der Waals surface area contributed by atoms with Gasteiger partial charge in [-0.2, -0.15) is 0 Å². The van der Waals surface area contributed by atoms with Crippen molar-refractivity contribution in [3.8, 4) is 16.5 Å². The third-order valence-electron chi connectivity index (χ3n) is 4.45. The molecule has 2 aromatic carbocycles. The van der Waals surface area contributed by atoms with Crippen LogP contribution in [0.1, 0.15) is 11.1 Å². The Morgan fingerprint density at radius 1 is 1.08 bits per heavy atom. The molecule has 0 aliphatic carbocycles. The lowest BCUT2D eigenvalue weighted by molar-refractivity contribution is 0.414. The second kappa shape index (κ2) is 6.84. The van der Waals surface area contributed by atoms with Crippen LogP contribution in [-0.4, -0.2) is 20.6 Å². The number of hydrogen-bond acceptors (Lipinski definition) is 3. The Kier molecular flexibility index (Phi) is 4.39. The summed E-state index contributed by atoms with van der Waals surface area (Å²) in [6, 6.07) is 18.8. The van der Waals surface area contributed by atoms with Crippen LogP contribution in [0.4, 0.5) is 0 Å². The molecule has 2 aliphatic rings. The number of aromatic nitrogens is 3. The monoisotopic (exact) mass is 363 g/mol. The maximum absolute atomic E-state index is 5.25. The first kappa shape index (κ1) is 16.7. The lowest BCUT2D eigenvalue weighted by atomic mass is 10.2. The molecule has 0 saturated heterocycles. The normalized spacial score (nSPS) is 11.0. The number of rotatable bonds is 3. The van der Waals surface area contributed by atoms with Gasteiger partial charge in [0.15, 0.2) is 5.82 Å². The van der Waals surface area contributed by atoms with Gasteiger partial charge in [0, 0.05) is 19.8 Å². The third-order valence-corrected chi connectivity index (χ3v) is 5.44. The zero-order chi connectivity index (χ0) is 18.1. The van der Waals surface area contributed by atoms with E-state index in [1.807, 2.05) is 12.1 Å². The number of nitrogens with zero attached hydrogens (tertiary/aromatic N) is 3. The summed E-state index contributed by atoms with van der Waals surface area (Å²) in [6.45, 7) is 2.87. The zero-order valence-corrected chi connectivity index (χ0v) is 16.0. The molecule has 0 unspecified atom stereocenters. The molecule has 0 atom stereocenters. The first-order valence-corrected chi connectivity index (χ1v) is 9.31. The van der Waals surface area contributed by atoms with Crippen LogP contribution in [0.25, 0.3) is 21.7 Å². The summed E-state index contributed by atoms with van der Waals surface area (Å²) in [4.78, 5) is 6.17. The van der Waals surface area contributed by atoms with Gasteiger partial charge in [0.2, 0.25) is 0 Å². The van der Waals surface area contributed by atoms with Crippen molar-refractivity contribution in [1.29, 1.82) is 0 Å². The van der Waals surface area contributed by atoms with Crippen LogP contribution < -0.4 is 4.74 Å². The van der Waals surface area contributed by atoms with Crippen molar-refractivity contribution in [1.82, 2.24) is 13.5 Å². The number of hydrogen-bond donors (Lipinski definition) is 0. The number of fused-ring (bicyclic) bond motifs is 2. The Balaban J connectivity index is 1.87. The predicted molar refractivity (Wildman–Crippen MR) is 108 cm³/mol. The molecule has 2 heterocycles. The summed E-state index contributed by atoms with van der Waals surface area (Å²) in [6.07, 6.45) is 2.09. The van der Waals surface area contributed by atoms with E-state index >= 15 is 0 Å². The number of methoxy groups -OCH3 is 1. The number of benzene rings is 2. The van der Waals surface area contributed by atoms with E-state index < -0.39 is 0 Å². The van der Waals surface area contributed by atoms with E-state index in [4.69, 9.17) is 9.72 Å². The quantitative estimate of drug-likeness (QED) is 0.511. The molecule has 2 aromatic rings. The molecular formula is C21H21N3OS. The Labute approximate surface area is 157 Å². The second-order valence-electron chi connectivity index (χ2n) is 6.36. The molecule has 0 N–H and O–H groups in total. The van der Waals surface area contributed by atoms with E-state index in [2.05, 4.69) is 71.2 Å². The highest BCUT2D eigenvalue weighted by molar-refractivity contribution is 7.10. The van der Waals surface area contributed by atoms with Gasteiger partial charge < -0.3 is 9.30 Å². The fourth-order valence-corrected chi connectivity index (χ4v) is 4.00.